The van der Waals surface area contributed by atoms with E-state index in [0.717, 1.165) is 29.5 Å². The van der Waals surface area contributed by atoms with Crippen LogP contribution < -0.4 is 0 Å². The Morgan fingerprint density at radius 2 is 2.05 bits per heavy atom. The van der Waals surface area contributed by atoms with Crippen molar-refractivity contribution < 1.29 is 4.79 Å². The second kappa shape index (κ2) is 7.14. The molecule has 106 valence electrons. The van der Waals surface area contributed by atoms with Crippen molar-refractivity contribution in [1.82, 2.24) is 14.9 Å². The van der Waals surface area contributed by atoms with Gasteiger partial charge in [-0.05, 0) is 26.0 Å². The molecule has 0 atom stereocenters. The number of carbonyl (C=O) groups excluding carboxylic acids is 1. The topological polar surface area (TPSA) is 46.1 Å². The minimum atomic E-state index is 0.199. The van der Waals surface area contributed by atoms with Crippen LogP contribution in [0.5, 0.6) is 0 Å². The molecule has 2 rings (SSSR count). The van der Waals surface area contributed by atoms with Crippen LogP contribution in [0.3, 0.4) is 0 Å². The fraction of sp³-hybridized carbons (Fsp3) is 0.400. The van der Waals surface area contributed by atoms with Crippen molar-refractivity contribution in [2.24, 2.45) is 0 Å². The van der Waals surface area contributed by atoms with E-state index in [4.69, 9.17) is 0 Å². The van der Waals surface area contributed by atoms with E-state index in [-0.39, 0.29) is 5.91 Å². The van der Waals surface area contributed by atoms with Gasteiger partial charge in [0, 0.05) is 37.5 Å². The Labute approximate surface area is 123 Å². The second-order valence-electron chi connectivity index (χ2n) is 4.41. The summed E-state index contributed by atoms with van der Waals surface area (Å²) in [5.74, 6) is 0.199. The maximum absolute atomic E-state index is 11.9. The van der Waals surface area contributed by atoms with E-state index in [2.05, 4.69) is 9.97 Å². The molecular formula is C15H19N3OS. The number of nitrogens with zero attached hydrogens (tertiary/aromatic N) is 3. The monoisotopic (exact) mass is 289 g/mol. The lowest BCUT2D eigenvalue weighted by Crippen LogP contribution is -2.30. The van der Waals surface area contributed by atoms with Crippen molar-refractivity contribution in [2.75, 3.05) is 13.1 Å². The summed E-state index contributed by atoms with van der Waals surface area (Å²) in [4.78, 5) is 22.6. The van der Waals surface area contributed by atoms with Crippen LogP contribution in [0.2, 0.25) is 0 Å². The van der Waals surface area contributed by atoms with Crippen LogP contribution >= 0.6 is 11.3 Å². The predicted octanol–water partition coefficient (Wildman–Crippen LogP) is 3.01. The van der Waals surface area contributed by atoms with Gasteiger partial charge in [-0.3, -0.25) is 9.78 Å². The number of hydrogen-bond donors (Lipinski definition) is 0. The Kier molecular flexibility index (Phi) is 5.24. The summed E-state index contributed by atoms with van der Waals surface area (Å²) < 4.78 is 0. The molecule has 0 bridgehead atoms. The number of carbonyl (C=O) groups is 1. The third-order valence-corrected chi connectivity index (χ3v) is 4.06. The molecule has 0 spiro atoms. The van der Waals surface area contributed by atoms with Crippen LogP contribution in [0.25, 0.3) is 11.4 Å². The van der Waals surface area contributed by atoms with Gasteiger partial charge in [-0.2, -0.15) is 0 Å². The molecule has 0 radical (unpaired) electrons. The average molecular weight is 289 g/mol. The molecule has 0 unspecified atom stereocenters. The molecule has 0 aliphatic carbocycles. The highest BCUT2D eigenvalue weighted by molar-refractivity contribution is 7.09. The molecule has 4 nitrogen and oxygen atoms in total. The first-order valence-electron chi connectivity index (χ1n) is 6.88. The summed E-state index contributed by atoms with van der Waals surface area (Å²) in [6.07, 6.45) is 2.99. The van der Waals surface area contributed by atoms with Gasteiger partial charge in [-0.15, -0.1) is 11.3 Å². The van der Waals surface area contributed by atoms with Gasteiger partial charge in [0.05, 0.1) is 16.4 Å². The van der Waals surface area contributed by atoms with Crippen LogP contribution in [0.15, 0.2) is 29.8 Å². The molecule has 2 aromatic rings. The predicted molar refractivity (Wildman–Crippen MR) is 81.6 cm³/mol. The highest BCUT2D eigenvalue weighted by Gasteiger charge is 2.11. The number of pyridine rings is 1. The highest BCUT2D eigenvalue weighted by atomic mass is 32.1. The van der Waals surface area contributed by atoms with E-state index in [1.807, 2.05) is 42.3 Å². The molecule has 1 amide bonds. The number of aryl methyl sites for hydroxylation is 1. The van der Waals surface area contributed by atoms with Gasteiger partial charge in [-0.1, -0.05) is 6.07 Å². The summed E-state index contributed by atoms with van der Waals surface area (Å²) >= 11 is 1.59. The molecule has 5 heteroatoms. The molecule has 2 aromatic heterocycles. The zero-order chi connectivity index (χ0) is 14.4. The lowest BCUT2D eigenvalue weighted by atomic mass is 10.2. The molecule has 0 aliphatic heterocycles. The standard InChI is InChI=1S/C15H19N3OS/c1-3-18(4-2)15(19)9-8-14-17-13(11-20-14)12-7-5-6-10-16-12/h5-7,10-11H,3-4,8-9H2,1-2H3. The van der Waals surface area contributed by atoms with Crippen molar-refractivity contribution in [3.8, 4) is 11.4 Å². The second-order valence-corrected chi connectivity index (χ2v) is 5.35. The normalized spacial score (nSPS) is 10.5. The van der Waals surface area contributed by atoms with Crippen molar-refractivity contribution >= 4 is 17.2 Å². The third-order valence-electron chi connectivity index (χ3n) is 3.15. The Hall–Kier alpha value is -1.75. The first-order valence-corrected chi connectivity index (χ1v) is 7.76. The zero-order valence-corrected chi connectivity index (χ0v) is 12.7. The lowest BCUT2D eigenvalue weighted by molar-refractivity contribution is -0.130. The molecule has 0 saturated carbocycles. The van der Waals surface area contributed by atoms with Gasteiger partial charge in [0.15, 0.2) is 0 Å². The Bertz CT molecular complexity index is 549. The van der Waals surface area contributed by atoms with E-state index in [1.54, 1.807) is 17.5 Å². The van der Waals surface area contributed by atoms with Gasteiger partial charge in [0.1, 0.15) is 0 Å². The minimum Gasteiger partial charge on any atom is -0.343 e. The fourth-order valence-corrected chi connectivity index (χ4v) is 2.80. The first kappa shape index (κ1) is 14.7. The maximum atomic E-state index is 11.9. The zero-order valence-electron chi connectivity index (χ0n) is 11.9. The van der Waals surface area contributed by atoms with Gasteiger partial charge < -0.3 is 4.90 Å². The molecule has 0 saturated heterocycles. The summed E-state index contributed by atoms with van der Waals surface area (Å²) in [5, 5.41) is 2.99. The van der Waals surface area contributed by atoms with Crippen molar-refractivity contribution in [3.63, 3.8) is 0 Å². The molecule has 20 heavy (non-hydrogen) atoms. The van der Waals surface area contributed by atoms with Gasteiger partial charge in [-0.25, -0.2) is 4.98 Å². The summed E-state index contributed by atoms with van der Waals surface area (Å²) in [6, 6.07) is 5.78. The van der Waals surface area contributed by atoms with Crippen LogP contribution in [-0.2, 0) is 11.2 Å². The summed E-state index contributed by atoms with van der Waals surface area (Å²) in [5.41, 5.74) is 1.77. The molecule has 2 heterocycles. The quantitative estimate of drug-likeness (QED) is 0.821. The number of rotatable bonds is 6. The minimum absolute atomic E-state index is 0.199. The summed E-state index contributed by atoms with van der Waals surface area (Å²) in [7, 11) is 0. The smallest absolute Gasteiger partial charge is 0.222 e. The van der Waals surface area contributed by atoms with Crippen molar-refractivity contribution in [3.05, 3.63) is 34.8 Å². The van der Waals surface area contributed by atoms with Gasteiger partial charge in [0.25, 0.3) is 0 Å². The lowest BCUT2D eigenvalue weighted by Gasteiger charge is -2.17. The molecule has 0 aliphatic rings. The Morgan fingerprint density at radius 3 is 2.70 bits per heavy atom. The maximum Gasteiger partial charge on any atom is 0.222 e. The molecule has 0 fully saturated rings. The van der Waals surface area contributed by atoms with E-state index in [1.165, 1.54) is 0 Å². The molecular weight excluding hydrogens is 270 g/mol. The highest BCUT2D eigenvalue weighted by Crippen LogP contribution is 2.20. The van der Waals surface area contributed by atoms with Gasteiger partial charge in [0.2, 0.25) is 5.91 Å². The van der Waals surface area contributed by atoms with E-state index in [0.29, 0.717) is 12.8 Å². The van der Waals surface area contributed by atoms with Crippen molar-refractivity contribution in [1.29, 1.82) is 0 Å². The number of aromatic nitrogens is 2. The molecule has 0 aromatic carbocycles. The van der Waals surface area contributed by atoms with E-state index < -0.39 is 0 Å². The van der Waals surface area contributed by atoms with E-state index in [9.17, 15) is 4.79 Å². The molecule has 0 N–H and O–H groups in total. The van der Waals surface area contributed by atoms with Crippen LogP contribution in [0.4, 0.5) is 0 Å². The SMILES string of the molecule is CCN(CC)C(=O)CCc1nc(-c2ccccn2)cs1. The van der Waals surface area contributed by atoms with Crippen LogP contribution in [0.1, 0.15) is 25.3 Å². The van der Waals surface area contributed by atoms with Crippen LogP contribution in [0, 0.1) is 0 Å². The fourth-order valence-electron chi connectivity index (χ4n) is 2.01. The summed E-state index contributed by atoms with van der Waals surface area (Å²) in [6.45, 7) is 5.55. The van der Waals surface area contributed by atoms with Crippen LogP contribution in [-0.4, -0.2) is 33.9 Å². The number of hydrogen-bond acceptors (Lipinski definition) is 4. The van der Waals surface area contributed by atoms with Gasteiger partial charge >= 0.3 is 0 Å². The number of amides is 1. The first-order chi connectivity index (χ1) is 9.74. The Morgan fingerprint density at radius 1 is 1.25 bits per heavy atom. The third kappa shape index (κ3) is 3.63. The average Bonchev–Trinajstić information content (AvgIpc) is 2.96. The van der Waals surface area contributed by atoms with Crippen molar-refractivity contribution in [2.45, 2.75) is 26.7 Å². The largest absolute Gasteiger partial charge is 0.343 e. The number of thiazole rings is 1. The Balaban J connectivity index is 1.95. The van der Waals surface area contributed by atoms with E-state index >= 15 is 0 Å².